The maximum absolute atomic E-state index is 6.08. The van der Waals surface area contributed by atoms with E-state index >= 15 is 0 Å². The van der Waals surface area contributed by atoms with Gasteiger partial charge in [-0.1, -0.05) is 54.9 Å². The summed E-state index contributed by atoms with van der Waals surface area (Å²) < 4.78 is 5.18. The average Bonchev–Trinajstić information content (AvgIpc) is 2.84. The largest absolute Gasteiger partial charge is 0.335 e. The van der Waals surface area contributed by atoms with Crippen LogP contribution in [-0.4, -0.2) is 15.1 Å². The molecule has 0 amide bonds. The minimum Gasteiger partial charge on any atom is -0.335 e. The van der Waals surface area contributed by atoms with Gasteiger partial charge < -0.3 is 4.52 Å². The molecule has 0 saturated carbocycles. The molecule has 0 saturated heterocycles. The van der Waals surface area contributed by atoms with E-state index in [1.165, 1.54) is 11.9 Å². The van der Waals surface area contributed by atoms with Crippen molar-refractivity contribution in [1.29, 1.82) is 0 Å². The predicted molar refractivity (Wildman–Crippen MR) is 74.1 cm³/mol. The molecule has 2 heterocycles. The van der Waals surface area contributed by atoms with Gasteiger partial charge in [-0.2, -0.15) is 4.98 Å². The van der Waals surface area contributed by atoms with E-state index in [0.717, 1.165) is 5.56 Å². The maximum atomic E-state index is 6.08. The highest BCUT2D eigenvalue weighted by molar-refractivity contribution is 6.34. The number of fused-ring (bicyclic) bond motifs is 1. The minimum atomic E-state index is 0.356. The third kappa shape index (κ3) is 2.08. The van der Waals surface area contributed by atoms with Gasteiger partial charge in [0, 0.05) is 5.56 Å². The van der Waals surface area contributed by atoms with Crippen molar-refractivity contribution in [3.8, 4) is 11.3 Å². The fraction of sp³-hybridized carbons (Fsp3) is 0.214. The Morgan fingerprint density at radius 2 is 1.84 bits per heavy atom. The molecule has 0 atom stereocenters. The molecule has 0 bridgehead atoms. The van der Waals surface area contributed by atoms with Crippen molar-refractivity contribution in [2.45, 2.75) is 19.8 Å². The zero-order valence-electron chi connectivity index (χ0n) is 10.6. The second kappa shape index (κ2) is 4.63. The first kappa shape index (κ1) is 12.1. The van der Waals surface area contributed by atoms with Gasteiger partial charge in [-0.15, -0.1) is 0 Å². The molecule has 0 aliphatic heterocycles. The first-order valence-electron chi connectivity index (χ1n) is 6.03. The van der Waals surface area contributed by atoms with E-state index in [4.69, 9.17) is 16.1 Å². The Kier molecular flexibility index (Phi) is 2.95. The van der Waals surface area contributed by atoms with Gasteiger partial charge in [0.1, 0.15) is 22.6 Å². The quantitative estimate of drug-likeness (QED) is 0.661. The molecular weight excluding hydrogens is 262 g/mol. The lowest BCUT2D eigenvalue weighted by atomic mass is 10.0. The van der Waals surface area contributed by atoms with Crippen LogP contribution in [0.3, 0.4) is 0 Å². The highest BCUT2D eigenvalue weighted by Gasteiger charge is 2.15. The summed E-state index contributed by atoms with van der Waals surface area (Å²) in [5.41, 5.74) is 3.30. The van der Waals surface area contributed by atoms with Crippen LogP contribution in [0.1, 0.15) is 25.3 Å². The van der Waals surface area contributed by atoms with Crippen molar-refractivity contribution in [3.63, 3.8) is 0 Å². The van der Waals surface area contributed by atoms with Crippen LogP contribution >= 0.6 is 11.6 Å². The topological polar surface area (TPSA) is 51.8 Å². The first-order valence-corrected chi connectivity index (χ1v) is 6.41. The Labute approximate surface area is 115 Å². The normalized spacial score (nSPS) is 11.4. The lowest BCUT2D eigenvalue weighted by Crippen LogP contribution is -1.87. The summed E-state index contributed by atoms with van der Waals surface area (Å²) in [6, 6.07) is 8.18. The molecule has 0 aliphatic carbocycles. The summed E-state index contributed by atoms with van der Waals surface area (Å²) >= 11 is 6.08. The standard InChI is InChI=1S/C14H12ClN3O/c1-8(2)9-3-5-10(6-4-9)12-11-13(15)16-7-17-14(11)19-18-12/h3-8H,1-2H3. The third-order valence-corrected chi connectivity index (χ3v) is 3.36. The van der Waals surface area contributed by atoms with E-state index < -0.39 is 0 Å². The van der Waals surface area contributed by atoms with Gasteiger partial charge >= 0.3 is 0 Å². The molecule has 3 aromatic rings. The van der Waals surface area contributed by atoms with Gasteiger partial charge in [0.15, 0.2) is 0 Å². The van der Waals surface area contributed by atoms with Crippen LogP contribution in [0.4, 0.5) is 0 Å². The fourth-order valence-electron chi connectivity index (χ4n) is 1.97. The molecule has 5 heteroatoms. The van der Waals surface area contributed by atoms with Crippen LogP contribution in [0, 0.1) is 0 Å². The number of nitrogens with zero attached hydrogens (tertiary/aromatic N) is 3. The van der Waals surface area contributed by atoms with E-state index in [-0.39, 0.29) is 0 Å². The van der Waals surface area contributed by atoms with Gasteiger partial charge in [0.05, 0.1) is 0 Å². The molecule has 4 nitrogen and oxygen atoms in total. The lowest BCUT2D eigenvalue weighted by Gasteiger charge is -2.05. The van der Waals surface area contributed by atoms with Gasteiger partial charge in [0.25, 0.3) is 5.71 Å². The monoisotopic (exact) mass is 273 g/mol. The molecular formula is C14H12ClN3O. The molecule has 2 aromatic heterocycles. The Morgan fingerprint density at radius 3 is 2.53 bits per heavy atom. The molecule has 0 fully saturated rings. The van der Waals surface area contributed by atoms with E-state index in [9.17, 15) is 0 Å². The average molecular weight is 274 g/mol. The summed E-state index contributed by atoms with van der Waals surface area (Å²) in [6.07, 6.45) is 1.36. The van der Waals surface area contributed by atoms with Crippen LogP contribution < -0.4 is 0 Å². The van der Waals surface area contributed by atoms with E-state index in [1.807, 2.05) is 12.1 Å². The van der Waals surface area contributed by atoms with Crippen LogP contribution in [0.15, 0.2) is 35.1 Å². The highest BCUT2D eigenvalue weighted by Crippen LogP contribution is 2.31. The molecule has 96 valence electrons. The third-order valence-electron chi connectivity index (χ3n) is 3.08. The number of hydrogen-bond acceptors (Lipinski definition) is 4. The van der Waals surface area contributed by atoms with Crippen molar-refractivity contribution in [1.82, 2.24) is 15.1 Å². The molecule has 3 rings (SSSR count). The number of aromatic nitrogens is 3. The smallest absolute Gasteiger partial charge is 0.262 e. The Balaban J connectivity index is 2.14. The molecule has 0 aliphatic rings. The summed E-state index contributed by atoms with van der Waals surface area (Å²) in [6.45, 7) is 4.32. The summed E-state index contributed by atoms with van der Waals surface area (Å²) in [5.74, 6) is 0.495. The Hall–Kier alpha value is -1.94. The van der Waals surface area contributed by atoms with E-state index in [0.29, 0.717) is 27.9 Å². The molecule has 0 spiro atoms. The minimum absolute atomic E-state index is 0.356. The SMILES string of the molecule is CC(C)c1ccc(-c2noc3ncnc(Cl)c23)cc1. The van der Waals surface area contributed by atoms with Crippen molar-refractivity contribution in [2.24, 2.45) is 0 Å². The van der Waals surface area contributed by atoms with Crippen molar-refractivity contribution in [3.05, 3.63) is 41.3 Å². The second-order valence-electron chi connectivity index (χ2n) is 4.65. The van der Waals surface area contributed by atoms with E-state index in [1.54, 1.807) is 0 Å². The van der Waals surface area contributed by atoms with Crippen molar-refractivity contribution in [2.75, 3.05) is 0 Å². The highest BCUT2D eigenvalue weighted by atomic mass is 35.5. The summed E-state index contributed by atoms with van der Waals surface area (Å²) in [4.78, 5) is 7.98. The fourth-order valence-corrected chi connectivity index (χ4v) is 2.19. The molecule has 0 unspecified atom stereocenters. The van der Waals surface area contributed by atoms with Crippen molar-refractivity contribution < 1.29 is 4.52 Å². The zero-order chi connectivity index (χ0) is 13.4. The van der Waals surface area contributed by atoms with Gasteiger partial charge in [-0.25, -0.2) is 4.98 Å². The van der Waals surface area contributed by atoms with Crippen LogP contribution in [-0.2, 0) is 0 Å². The summed E-state index contributed by atoms with van der Waals surface area (Å²) in [7, 11) is 0. The first-order chi connectivity index (χ1) is 9.16. The van der Waals surface area contributed by atoms with Crippen LogP contribution in [0.2, 0.25) is 5.15 Å². The molecule has 1 aromatic carbocycles. The zero-order valence-corrected chi connectivity index (χ0v) is 11.3. The van der Waals surface area contributed by atoms with Gasteiger partial charge in [0.2, 0.25) is 0 Å². The van der Waals surface area contributed by atoms with Crippen molar-refractivity contribution >= 4 is 22.7 Å². The molecule has 0 radical (unpaired) electrons. The van der Waals surface area contributed by atoms with Gasteiger partial charge in [-0.05, 0) is 11.5 Å². The maximum Gasteiger partial charge on any atom is 0.262 e. The van der Waals surface area contributed by atoms with Gasteiger partial charge in [-0.3, -0.25) is 0 Å². The summed E-state index contributed by atoms with van der Waals surface area (Å²) in [5, 5.41) is 5.05. The number of halogens is 1. The van der Waals surface area contributed by atoms with Crippen LogP contribution in [0.25, 0.3) is 22.4 Å². The number of hydrogen-bond donors (Lipinski definition) is 0. The van der Waals surface area contributed by atoms with Crippen LogP contribution in [0.5, 0.6) is 0 Å². The molecule has 19 heavy (non-hydrogen) atoms. The van der Waals surface area contributed by atoms with E-state index in [2.05, 4.69) is 41.1 Å². The Morgan fingerprint density at radius 1 is 1.11 bits per heavy atom. The number of benzene rings is 1. The number of rotatable bonds is 2. The molecule has 0 N–H and O–H groups in total. The Bertz CT molecular complexity index is 719. The lowest BCUT2D eigenvalue weighted by molar-refractivity contribution is 0.451. The second-order valence-corrected chi connectivity index (χ2v) is 5.01. The predicted octanol–water partition coefficient (Wildman–Crippen LogP) is 4.06.